The number of amidine groups is 1. The van der Waals surface area contributed by atoms with Gasteiger partial charge < -0.3 is 19.2 Å². The minimum absolute atomic E-state index is 0.0846. The van der Waals surface area contributed by atoms with Gasteiger partial charge >= 0.3 is 19.4 Å². The van der Waals surface area contributed by atoms with Crippen LogP contribution in [0, 0.1) is 5.82 Å². The summed E-state index contributed by atoms with van der Waals surface area (Å²) >= 11 is 0. The molecule has 1 fully saturated rings. The Morgan fingerprint density at radius 2 is 1.69 bits per heavy atom. The first-order chi connectivity index (χ1) is 14.4. The van der Waals surface area contributed by atoms with Crippen LogP contribution in [0.3, 0.4) is 0 Å². The molecule has 3 rings (SSSR count). The minimum Gasteiger partial charge on any atom is -0.465 e. The molecule has 32 heavy (non-hydrogen) atoms. The first kappa shape index (κ1) is 24.5. The van der Waals surface area contributed by atoms with Gasteiger partial charge in [-0.25, -0.2) is 9.18 Å². The van der Waals surface area contributed by atoms with Gasteiger partial charge in [0.25, 0.3) is 0 Å². The summed E-state index contributed by atoms with van der Waals surface area (Å²) in [4.78, 5) is 15.1. The van der Waals surface area contributed by atoms with E-state index in [0.29, 0.717) is 12.4 Å². The molecule has 1 aromatic rings. The second-order valence-corrected chi connectivity index (χ2v) is 9.31. The Hall–Kier alpha value is -2.18. The van der Waals surface area contributed by atoms with Crippen LogP contribution in [-0.4, -0.2) is 53.7 Å². The molecule has 1 aromatic carbocycles. The maximum absolute atomic E-state index is 14.8. The fraction of sp³-hybridized carbons (Fsp3) is 0.600. The molecule has 1 unspecified atom stereocenters. The van der Waals surface area contributed by atoms with Crippen molar-refractivity contribution >= 4 is 24.5 Å². The fourth-order valence-electron chi connectivity index (χ4n) is 3.42. The molecule has 0 aromatic heterocycles. The third kappa shape index (κ3) is 3.99. The van der Waals surface area contributed by atoms with Crippen LogP contribution in [0.2, 0.25) is 0 Å². The topological polar surface area (TPSA) is 89.4 Å². The van der Waals surface area contributed by atoms with Crippen LogP contribution in [0.15, 0.2) is 23.2 Å². The van der Waals surface area contributed by atoms with E-state index in [-0.39, 0.29) is 5.56 Å². The molecule has 12 heteroatoms. The Kier molecular flexibility index (Phi) is 5.68. The van der Waals surface area contributed by atoms with Crippen molar-refractivity contribution in [2.24, 2.45) is 4.99 Å². The van der Waals surface area contributed by atoms with Crippen LogP contribution in [0.25, 0.3) is 0 Å². The molecule has 0 spiro atoms. The zero-order valence-electron chi connectivity index (χ0n) is 18.6. The number of rotatable bonds is 2. The van der Waals surface area contributed by atoms with Crippen molar-refractivity contribution in [1.29, 1.82) is 0 Å². The lowest BCUT2D eigenvalue weighted by Crippen LogP contribution is -2.62. The first-order valence-electron chi connectivity index (χ1n) is 9.88. The molecule has 0 bridgehead atoms. The summed E-state index contributed by atoms with van der Waals surface area (Å²) in [6, 6.07) is 3.98. The third-order valence-corrected chi connectivity index (χ3v) is 6.31. The molecule has 7 nitrogen and oxygen atoms in total. The summed E-state index contributed by atoms with van der Waals surface area (Å²) in [5, 5.41) is 10.7. The predicted octanol–water partition coefficient (Wildman–Crippen LogP) is 3.36. The fourth-order valence-corrected chi connectivity index (χ4v) is 3.42. The van der Waals surface area contributed by atoms with E-state index in [1.54, 1.807) is 5.32 Å². The van der Waals surface area contributed by atoms with Crippen LogP contribution in [0.1, 0.15) is 47.1 Å². The molecule has 2 aliphatic heterocycles. The predicted molar refractivity (Wildman–Crippen MR) is 108 cm³/mol. The molecular formula is C20H25BF4N2O5. The highest BCUT2D eigenvalue weighted by molar-refractivity contribution is 6.62. The maximum atomic E-state index is 14.8. The number of ether oxygens (including phenoxy) is 1. The van der Waals surface area contributed by atoms with E-state index in [4.69, 9.17) is 19.2 Å². The number of aliphatic imine (C=N–C) groups is 1. The van der Waals surface area contributed by atoms with Crippen LogP contribution in [0.5, 0.6) is 0 Å². The first-order valence-corrected chi connectivity index (χ1v) is 9.88. The molecule has 1 amide bonds. The zero-order chi connectivity index (χ0) is 24.3. The van der Waals surface area contributed by atoms with Crippen molar-refractivity contribution in [3.05, 3.63) is 29.6 Å². The highest BCUT2D eigenvalue weighted by Crippen LogP contribution is 2.42. The summed E-state index contributed by atoms with van der Waals surface area (Å²) in [6.07, 6.45) is -6.71. The zero-order valence-corrected chi connectivity index (χ0v) is 18.6. The van der Waals surface area contributed by atoms with Crippen LogP contribution < -0.4 is 10.8 Å². The van der Waals surface area contributed by atoms with Gasteiger partial charge in [-0.15, -0.1) is 0 Å². The molecule has 2 atom stereocenters. The largest absolute Gasteiger partial charge is 0.494 e. The number of halogens is 4. The number of amides is 1. The average Bonchev–Trinajstić information content (AvgIpc) is 2.85. The van der Waals surface area contributed by atoms with Gasteiger partial charge in [-0.1, -0.05) is 12.1 Å². The van der Waals surface area contributed by atoms with E-state index in [1.165, 1.54) is 19.1 Å². The van der Waals surface area contributed by atoms with Gasteiger partial charge in [-0.2, -0.15) is 13.2 Å². The van der Waals surface area contributed by atoms with Crippen LogP contribution >= 0.6 is 0 Å². The van der Waals surface area contributed by atoms with Crippen molar-refractivity contribution in [2.45, 2.75) is 70.1 Å². The second-order valence-electron chi connectivity index (χ2n) is 9.31. The molecule has 2 heterocycles. The quantitative estimate of drug-likeness (QED) is 0.522. The number of carbonyl (C=O) groups is 1. The Morgan fingerprint density at radius 3 is 2.19 bits per heavy atom. The smallest absolute Gasteiger partial charge is 0.465 e. The summed E-state index contributed by atoms with van der Waals surface area (Å²) in [6.45, 7) is 8.77. The van der Waals surface area contributed by atoms with Crippen LogP contribution in [-0.2, 0) is 19.6 Å². The van der Waals surface area contributed by atoms with E-state index >= 15 is 0 Å². The number of benzene rings is 1. The molecule has 2 N–H and O–H groups in total. The number of nitrogens with one attached hydrogen (secondary N) is 1. The van der Waals surface area contributed by atoms with Crippen molar-refractivity contribution in [1.82, 2.24) is 5.32 Å². The van der Waals surface area contributed by atoms with E-state index < -0.39 is 60.0 Å². The summed E-state index contributed by atoms with van der Waals surface area (Å²) < 4.78 is 72.7. The Balaban J connectivity index is 2.06. The molecule has 1 saturated heterocycles. The second kappa shape index (κ2) is 7.42. The van der Waals surface area contributed by atoms with Crippen molar-refractivity contribution < 1.29 is 41.5 Å². The number of nitrogens with zero attached hydrogens (tertiary/aromatic N) is 1. The van der Waals surface area contributed by atoms with Gasteiger partial charge in [-0.05, 0) is 53.1 Å². The standard InChI is InChI=1S/C20H25BF4N2O5/c1-16(2)17(3,4)32-21(31-16)11-7-8-13(22)12(9-11)18(5)10-30-19(6,20(23,24)25)14(27-18)26-15(28)29/h7-9H,10H2,1-6H3,(H,26,27)(H,28,29)/t18?,19-/m1/s1. The lowest BCUT2D eigenvalue weighted by atomic mass is 9.76. The number of hydrogen-bond donors (Lipinski definition) is 2. The highest BCUT2D eigenvalue weighted by Gasteiger charge is 2.60. The van der Waals surface area contributed by atoms with Crippen molar-refractivity contribution in [2.75, 3.05) is 6.61 Å². The summed E-state index contributed by atoms with van der Waals surface area (Å²) in [5.41, 5.74) is -5.60. The number of alkyl halides is 3. The average molecular weight is 460 g/mol. The molecule has 0 radical (unpaired) electrons. The summed E-state index contributed by atoms with van der Waals surface area (Å²) in [7, 11) is -0.839. The molecular weight excluding hydrogens is 435 g/mol. The Bertz CT molecular complexity index is 952. The third-order valence-electron chi connectivity index (χ3n) is 6.31. The van der Waals surface area contributed by atoms with E-state index in [1.807, 2.05) is 27.7 Å². The van der Waals surface area contributed by atoms with Crippen molar-refractivity contribution in [3.8, 4) is 0 Å². The number of carboxylic acid groups (broad SMARTS) is 1. The molecule has 0 saturated carbocycles. The Morgan fingerprint density at radius 1 is 1.12 bits per heavy atom. The number of hydrogen-bond acceptors (Lipinski definition) is 5. The normalized spacial score (nSPS) is 29.6. The van der Waals surface area contributed by atoms with Gasteiger partial charge in [0.2, 0.25) is 5.60 Å². The van der Waals surface area contributed by atoms with Gasteiger partial charge in [0.1, 0.15) is 17.2 Å². The monoisotopic (exact) mass is 460 g/mol. The van der Waals surface area contributed by atoms with Gasteiger partial charge in [0.05, 0.1) is 17.8 Å². The molecule has 0 aliphatic carbocycles. The van der Waals surface area contributed by atoms with E-state index in [9.17, 15) is 22.4 Å². The molecule has 2 aliphatic rings. The highest BCUT2D eigenvalue weighted by atomic mass is 19.4. The summed E-state index contributed by atoms with van der Waals surface area (Å²) in [5.74, 6) is -1.72. The molecule has 176 valence electrons. The van der Waals surface area contributed by atoms with Crippen LogP contribution in [0.4, 0.5) is 22.4 Å². The Labute approximate surface area is 183 Å². The maximum Gasteiger partial charge on any atom is 0.494 e. The van der Waals surface area contributed by atoms with Gasteiger partial charge in [0, 0.05) is 5.56 Å². The van der Waals surface area contributed by atoms with Gasteiger partial charge in [-0.3, -0.25) is 10.3 Å². The van der Waals surface area contributed by atoms with E-state index in [2.05, 4.69) is 4.99 Å². The minimum atomic E-state index is -4.96. The lowest BCUT2D eigenvalue weighted by molar-refractivity contribution is -0.250. The van der Waals surface area contributed by atoms with Crippen molar-refractivity contribution in [3.63, 3.8) is 0 Å². The SMILES string of the molecule is CC1(c2cc(B3OC(C)(C)C(C)(C)O3)ccc2F)CO[C@@](C)(C(F)(F)F)C(NC(=O)O)=N1. The lowest BCUT2D eigenvalue weighted by Gasteiger charge is -2.42. The van der Waals surface area contributed by atoms with E-state index in [0.717, 1.165) is 6.07 Å². The van der Waals surface area contributed by atoms with Gasteiger partial charge in [0.15, 0.2) is 0 Å².